The highest BCUT2D eigenvalue weighted by molar-refractivity contribution is 7.93. The van der Waals surface area contributed by atoms with Gasteiger partial charge in [0.1, 0.15) is 0 Å². The summed E-state index contributed by atoms with van der Waals surface area (Å²) in [7, 11) is -3.51. The Bertz CT molecular complexity index is 465. The normalized spacial score (nSPS) is 31.9. The third-order valence-corrected chi connectivity index (χ3v) is 6.26. The average molecular weight is 273 g/mol. The van der Waals surface area contributed by atoms with E-state index in [1.54, 1.807) is 13.8 Å². The molecule has 0 aromatic heterocycles. The van der Waals surface area contributed by atoms with Gasteiger partial charge in [-0.25, -0.2) is 8.42 Å². The fraction of sp³-hybridized carbons (Fsp3) is 0.833. The molecule has 0 aliphatic heterocycles. The van der Waals surface area contributed by atoms with Crippen LogP contribution in [0.15, 0.2) is 0 Å². The predicted octanol–water partition coefficient (Wildman–Crippen LogP) is 1.29. The molecule has 5 nitrogen and oxygen atoms in total. The molecule has 1 saturated carbocycles. The van der Waals surface area contributed by atoms with Crippen LogP contribution in [0, 0.1) is 23.2 Å². The first kappa shape index (κ1) is 15.0. The average Bonchev–Trinajstić information content (AvgIpc) is 2.68. The molecule has 0 bridgehead atoms. The highest BCUT2D eigenvalue weighted by Crippen LogP contribution is 2.45. The number of esters is 1. The molecule has 0 N–H and O–H groups in total. The van der Waals surface area contributed by atoms with Gasteiger partial charge in [-0.05, 0) is 25.7 Å². The monoisotopic (exact) mass is 273 g/mol. The van der Waals surface area contributed by atoms with Crippen LogP contribution >= 0.6 is 0 Å². The summed E-state index contributed by atoms with van der Waals surface area (Å²) in [5.41, 5.74) is 0. The van der Waals surface area contributed by atoms with E-state index in [0.29, 0.717) is 6.42 Å². The van der Waals surface area contributed by atoms with Gasteiger partial charge in [-0.15, -0.1) is 0 Å². The molecule has 1 fully saturated rings. The van der Waals surface area contributed by atoms with E-state index < -0.39 is 26.5 Å². The zero-order valence-corrected chi connectivity index (χ0v) is 11.8. The van der Waals surface area contributed by atoms with E-state index in [4.69, 9.17) is 4.74 Å². The molecule has 0 radical (unpaired) electrons. The van der Waals surface area contributed by atoms with E-state index in [2.05, 4.69) is 0 Å². The van der Waals surface area contributed by atoms with Crippen molar-refractivity contribution < 1.29 is 17.9 Å². The van der Waals surface area contributed by atoms with Crippen molar-refractivity contribution in [2.75, 3.05) is 12.4 Å². The number of sulfone groups is 1. The van der Waals surface area contributed by atoms with Gasteiger partial charge in [-0.1, -0.05) is 13.8 Å². The second kappa shape index (κ2) is 5.27. The summed E-state index contributed by atoms with van der Waals surface area (Å²) in [4.78, 5) is 11.7. The quantitative estimate of drug-likeness (QED) is 0.721. The lowest BCUT2D eigenvalue weighted by atomic mass is 9.99. The van der Waals surface area contributed by atoms with Gasteiger partial charge in [-0.2, -0.15) is 5.26 Å². The van der Waals surface area contributed by atoms with E-state index in [0.717, 1.165) is 0 Å². The lowest BCUT2D eigenvalue weighted by molar-refractivity contribution is -0.147. The second-order valence-electron chi connectivity index (χ2n) is 4.69. The Labute approximate surface area is 108 Å². The minimum Gasteiger partial charge on any atom is -0.466 e. The Morgan fingerprint density at radius 2 is 2.11 bits per heavy atom. The lowest BCUT2D eigenvalue weighted by Gasteiger charge is -2.24. The van der Waals surface area contributed by atoms with Crippen LogP contribution in [0.2, 0.25) is 0 Å². The van der Waals surface area contributed by atoms with Crippen molar-refractivity contribution in [3.05, 3.63) is 0 Å². The third-order valence-electron chi connectivity index (χ3n) is 3.73. The van der Waals surface area contributed by atoms with E-state index in [1.165, 1.54) is 6.92 Å². The van der Waals surface area contributed by atoms with Crippen molar-refractivity contribution in [2.45, 2.75) is 38.4 Å². The number of ether oxygens (including phenoxy) is 1. The topological polar surface area (TPSA) is 84.2 Å². The molecule has 0 heterocycles. The summed E-state index contributed by atoms with van der Waals surface area (Å²) in [6, 6.07) is 1.95. The van der Waals surface area contributed by atoms with Crippen molar-refractivity contribution in [2.24, 2.45) is 11.8 Å². The standard InChI is InChI=1S/C12H19NO4S/c1-4-17-11(14)10-6-9(3)12(7-10,8-13)18(15,16)5-2/h9-10H,4-7H2,1-3H3/t9-,10+,12-/m0/s1. The highest BCUT2D eigenvalue weighted by atomic mass is 32.2. The van der Waals surface area contributed by atoms with Gasteiger partial charge < -0.3 is 4.74 Å². The SMILES string of the molecule is CCOC(=O)[C@@H]1C[C@H](C)[C@](C#N)(S(=O)(=O)CC)C1. The molecule has 3 atom stereocenters. The molecule has 6 heteroatoms. The first-order valence-electron chi connectivity index (χ1n) is 6.14. The Morgan fingerprint density at radius 3 is 2.56 bits per heavy atom. The Kier molecular flexibility index (Phi) is 4.38. The molecule has 1 rings (SSSR count). The summed E-state index contributed by atoms with van der Waals surface area (Å²) in [6.45, 7) is 5.22. The van der Waals surface area contributed by atoms with Gasteiger partial charge in [0, 0.05) is 5.75 Å². The Hall–Kier alpha value is -1.09. The maximum absolute atomic E-state index is 12.1. The maximum Gasteiger partial charge on any atom is 0.309 e. The van der Waals surface area contributed by atoms with Gasteiger partial charge in [0.25, 0.3) is 0 Å². The number of carbonyl (C=O) groups is 1. The van der Waals surface area contributed by atoms with E-state index >= 15 is 0 Å². The number of hydrogen-bond acceptors (Lipinski definition) is 5. The summed E-state index contributed by atoms with van der Waals surface area (Å²) in [5, 5.41) is 9.30. The zero-order valence-electron chi connectivity index (χ0n) is 11.0. The first-order chi connectivity index (χ1) is 8.34. The van der Waals surface area contributed by atoms with Crippen LogP contribution in [0.3, 0.4) is 0 Å². The van der Waals surface area contributed by atoms with Gasteiger partial charge in [0.2, 0.25) is 0 Å². The number of rotatable bonds is 4. The second-order valence-corrected chi connectivity index (χ2v) is 7.23. The Morgan fingerprint density at radius 1 is 1.50 bits per heavy atom. The molecule has 0 aromatic rings. The smallest absolute Gasteiger partial charge is 0.309 e. The molecule has 0 saturated heterocycles. The van der Waals surface area contributed by atoms with Gasteiger partial charge in [0.15, 0.2) is 14.6 Å². The molecule has 0 amide bonds. The van der Waals surface area contributed by atoms with E-state index in [9.17, 15) is 18.5 Å². The van der Waals surface area contributed by atoms with Crippen LogP contribution in [0.5, 0.6) is 0 Å². The van der Waals surface area contributed by atoms with Crippen LogP contribution in [0.4, 0.5) is 0 Å². The van der Waals surface area contributed by atoms with Crippen LogP contribution in [-0.2, 0) is 19.4 Å². The van der Waals surface area contributed by atoms with E-state index in [1.807, 2.05) is 6.07 Å². The minimum atomic E-state index is -3.51. The van der Waals surface area contributed by atoms with Crippen LogP contribution in [0.1, 0.15) is 33.6 Å². The number of carbonyl (C=O) groups excluding carboxylic acids is 1. The largest absolute Gasteiger partial charge is 0.466 e. The molecule has 1 aliphatic rings. The first-order valence-corrected chi connectivity index (χ1v) is 7.80. The van der Waals surface area contributed by atoms with Crippen LogP contribution in [0.25, 0.3) is 0 Å². The summed E-state index contributed by atoms with van der Waals surface area (Å²) in [5.74, 6) is -1.31. The molecule has 18 heavy (non-hydrogen) atoms. The summed E-state index contributed by atoms with van der Waals surface area (Å²) < 4.78 is 27.7. The molecule has 0 unspecified atom stereocenters. The summed E-state index contributed by atoms with van der Waals surface area (Å²) >= 11 is 0. The van der Waals surface area contributed by atoms with E-state index in [-0.39, 0.29) is 24.7 Å². The number of nitrogens with zero attached hydrogens (tertiary/aromatic N) is 1. The fourth-order valence-electron chi connectivity index (χ4n) is 2.62. The van der Waals surface area contributed by atoms with Crippen molar-refractivity contribution in [1.29, 1.82) is 5.26 Å². The number of nitriles is 1. The van der Waals surface area contributed by atoms with Gasteiger partial charge in [-0.3, -0.25) is 4.79 Å². The fourth-order valence-corrected chi connectivity index (χ4v) is 4.44. The van der Waals surface area contributed by atoms with Crippen LogP contribution in [-0.4, -0.2) is 31.5 Å². The van der Waals surface area contributed by atoms with Crippen molar-refractivity contribution in [3.63, 3.8) is 0 Å². The molecule has 0 spiro atoms. The summed E-state index contributed by atoms with van der Waals surface area (Å²) in [6.07, 6.45) is 0.450. The molecule has 102 valence electrons. The zero-order chi connectivity index (χ0) is 14.0. The van der Waals surface area contributed by atoms with Crippen molar-refractivity contribution >= 4 is 15.8 Å². The van der Waals surface area contributed by atoms with Gasteiger partial charge >= 0.3 is 5.97 Å². The highest BCUT2D eigenvalue weighted by Gasteiger charge is 2.56. The van der Waals surface area contributed by atoms with Crippen molar-refractivity contribution in [1.82, 2.24) is 0 Å². The molecular formula is C12H19NO4S. The number of hydrogen-bond donors (Lipinski definition) is 0. The Balaban J connectivity index is 3.06. The third kappa shape index (κ3) is 2.24. The predicted molar refractivity (Wildman–Crippen MR) is 66.3 cm³/mol. The minimum absolute atomic E-state index is 0.0552. The molecule has 1 aliphatic carbocycles. The maximum atomic E-state index is 12.1. The molecule has 0 aromatic carbocycles. The molecular weight excluding hydrogens is 254 g/mol. The van der Waals surface area contributed by atoms with Crippen LogP contribution < -0.4 is 0 Å². The lowest BCUT2D eigenvalue weighted by Crippen LogP contribution is -2.41. The van der Waals surface area contributed by atoms with Gasteiger partial charge in [0.05, 0.1) is 18.6 Å². The van der Waals surface area contributed by atoms with Crippen molar-refractivity contribution in [3.8, 4) is 6.07 Å².